The molecule has 4 rings (SSSR count). The van der Waals surface area contributed by atoms with Crippen LogP contribution in [0.1, 0.15) is 17.3 Å². The molecule has 1 heterocycles. The highest BCUT2D eigenvalue weighted by Gasteiger charge is 2.21. The Morgan fingerprint density at radius 2 is 1.81 bits per heavy atom. The topological polar surface area (TPSA) is 74.3 Å². The van der Waals surface area contributed by atoms with E-state index in [1.165, 1.54) is 0 Å². The highest BCUT2D eigenvalue weighted by atomic mass is 16.5. The molecule has 0 amide bonds. The maximum Gasteiger partial charge on any atom is 0.232 e. The summed E-state index contributed by atoms with van der Waals surface area (Å²) in [4.78, 5) is 6.55. The summed E-state index contributed by atoms with van der Waals surface area (Å²) in [6.45, 7) is 0.520. The van der Waals surface area contributed by atoms with Gasteiger partial charge < -0.3 is 19.4 Å². The molecule has 0 spiro atoms. The van der Waals surface area contributed by atoms with Crippen LogP contribution in [-0.2, 0) is 0 Å². The van der Waals surface area contributed by atoms with Crippen LogP contribution in [0, 0.1) is 11.3 Å². The molecule has 0 unspecified atom stereocenters. The summed E-state index contributed by atoms with van der Waals surface area (Å²) in [7, 11) is 5.68. The second-order valence-corrected chi connectivity index (χ2v) is 7.44. The Morgan fingerprint density at radius 1 is 1.06 bits per heavy atom. The number of ether oxygens (including phenoxy) is 1. The number of likely N-dealkylation sites (N-methyl/N-ethyl adjacent to an activating group) is 1. The lowest BCUT2D eigenvalue weighted by molar-refractivity contribution is 0.299. The number of benzene rings is 3. The minimum Gasteiger partial charge on any atom is -0.496 e. The van der Waals surface area contributed by atoms with Crippen molar-refractivity contribution in [3.8, 4) is 23.3 Å². The number of hydrogen-bond acceptors (Lipinski definition) is 6. The summed E-state index contributed by atoms with van der Waals surface area (Å²) in [6.07, 6.45) is 0. The van der Waals surface area contributed by atoms with Gasteiger partial charge in [0, 0.05) is 17.7 Å². The SMILES string of the molecule is COc1ccccc1[C@H](CNc1oc(-c2cccc3ccccc23)nc1C#N)N(C)C. The van der Waals surface area contributed by atoms with Gasteiger partial charge in [-0.3, -0.25) is 0 Å². The fourth-order valence-electron chi connectivity index (χ4n) is 3.74. The van der Waals surface area contributed by atoms with Gasteiger partial charge >= 0.3 is 0 Å². The van der Waals surface area contributed by atoms with E-state index in [-0.39, 0.29) is 11.7 Å². The standard InChI is InChI=1S/C25H24N4O2/c1-29(2)22(20-12-6-7-14-23(20)30-3)16-27-25-21(15-26)28-24(31-25)19-13-8-10-17-9-4-5-11-18(17)19/h4-14,22,27H,16H2,1-3H3/t22-/m0/s1. The van der Waals surface area contributed by atoms with E-state index in [2.05, 4.69) is 21.3 Å². The van der Waals surface area contributed by atoms with E-state index < -0.39 is 0 Å². The summed E-state index contributed by atoms with van der Waals surface area (Å²) in [6, 6.07) is 24.1. The summed E-state index contributed by atoms with van der Waals surface area (Å²) in [5, 5.41) is 15.0. The number of hydrogen-bond donors (Lipinski definition) is 1. The normalized spacial score (nSPS) is 12.0. The molecule has 6 nitrogen and oxygen atoms in total. The third kappa shape index (κ3) is 4.09. The van der Waals surface area contributed by atoms with Crippen LogP contribution in [0.4, 0.5) is 5.88 Å². The third-order valence-corrected chi connectivity index (χ3v) is 5.33. The molecule has 0 fully saturated rings. The Balaban J connectivity index is 1.65. The Bertz CT molecular complexity index is 1230. The number of rotatable bonds is 7. The molecule has 156 valence electrons. The van der Waals surface area contributed by atoms with E-state index in [9.17, 15) is 5.26 Å². The molecule has 0 aliphatic heterocycles. The van der Waals surface area contributed by atoms with Crippen LogP contribution < -0.4 is 10.1 Å². The van der Waals surface area contributed by atoms with Gasteiger partial charge in [0.05, 0.1) is 13.2 Å². The average Bonchev–Trinajstić information content (AvgIpc) is 3.22. The molecular formula is C25H24N4O2. The molecule has 3 aromatic carbocycles. The molecule has 0 radical (unpaired) electrons. The number of aromatic nitrogens is 1. The maximum atomic E-state index is 9.62. The number of fused-ring (bicyclic) bond motifs is 1. The second-order valence-electron chi connectivity index (χ2n) is 7.44. The van der Waals surface area contributed by atoms with Crippen LogP contribution in [0.25, 0.3) is 22.2 Å². The zero-order valence-electron chi connectivity index (χ0n) is 17.8. The van der Waals surface area contributed by atoms with E-state index in [0.717, 1.165) is 27.6 Å². The molecular weight excluding hydrogens is 388 g/mol. The van der Waals surface area contributed by atoms with Gasteiger partial charge in [0.2, 0.25) is 17.5 Å². The van der Waals surface area contributed by atoms with Crippen LogP contribution in [0.5, 0.6) is 5.75 Å². The van der Waals surface area contributed by atoms with Crippen molar-refractivity contribution in [3.05, 3.63) is 78.0 Å². The summed E-state index contributed by atoms with van der Waals surface area (Å²) in [5.41, 5.74) is 2.15. The van der Waals surface area contributed by atoms with E-state index in [0.29, 0.717) is 18.3 Å². The first kappa shape index (κ1) is 20.5. The van der Waals surface area contributed by atoms with Crippen molar-refractivity contribution in [2.24, 2.45) is 0 Å². The predicted octanol–water partition coefficient (Wildman–Crippen LogP) is 5.09. The van der Waals surface area contributed by atoms with Crippen molar-refractivity contribution in [2.45, 2.75) is 6.04 Å². The van der Waals surface area contributed by atoms with Gasteiger partial charge in [0.25, 0.3) is 0 Å². The summed E-state index contributed by atoms with van der Waals surface area (Å²) >= 11 is 0. The van der Waals surface area contributed by atoms with Crippen LogP contribution in [0.15, 0.2) is 71.1 Å². The van der Waals surface area contributed by atoms with Crippen molar-refractivity contribution in [2.75, 3.05) is 33.1 Å². The number of nitrogens with one attached hydrogen (secondary N) is 1. The molecule has 0 aliphatic rings. The minimum atomic E-state index is 0.00815. The fraction of sp³-hybridized carbons (Fsp3) is 0.200. The van der Waals surface area contributed by atoms with Crippen molar-refractivity contribution < 1.29 is 9.15 Å². The molecule has 1 atom stereocenters. The van der Waals surface area contributed by atoms with Gasteiger partial charge in [-0.2, -0.15) is 10.2 Å². The zero-order chi connectivity index (χ0) is 21.8. The van der Waals surface area contributed by atoms with E-state index in [1.54, 1.807) is 7.11 Å². The summed E-state index contributed by atoms with van der Waals surface area (Å²) in [5.74, 6) is 1.61. The Morgan fingerprint density at radius 3 is 2.58 bits per heavy atom. The fourth-order valence-corrected chi connectivity index (χ4v) is 3.74. The van der Waals surface area contributed by atoms with Gasteiger partial charge in [-0.1, -0.05) is 54.6 Å². The number of anilines is 1. The highest BCUT2D eigenvalue weighted by Crippen LogP contribution is 2.32. The largest absolute Gasteiger partial charge is 0.496 e. The number of nitriles is 1. The molecule has 0 saturated heterocycles. The van der Waals surface area contributed by atoms with E-state index in [1.807, 2.05) is 80.8 Å². The van der Waals surface area contributed by atoms with Crippen LogP contribution in [0.2, 0.25) is 0 Å². The van der Waals surface area contributed by atoms with Crippen LogP contribution in [0.3, 0.4) is 0 Å². The molecule has 6 heteroatoms. The van der Waals surface area contributed by atoms with Gasteiger partial charge in [-0.05, 0) is 37.0 Å². The predicted molar refractivity (Wildman–Crippen MR) is 122 cm³/mol. The zero-order valence-corrected chi connectivity index (χ0v) is 17.8. The Labute approximate surface area is 181 Å². The summed E-state index contributed by atoms with van der Waals surface area (Å²) < 4.78 is 11.6. The van der Waals surface area contributed by atoms with Gasteiger partial charge in [0.1, 0.15) is 11.8 Å². The molecule has 0 bridgehead atoms. The first-order chi connectivity index (χ1) is 15.1. The lowest BCUT2D eigenvalue weighted by Gasteiger charge is -2.26. The lowest BCUT2D eigenvalue weighted by atomic mass is 10.0. The first-order valence-corrected chi connectivity index (χ1v) is 10.0. The van der Waals surface area contributed by atoms with Gasteiger partial charge in [0.15, 0.2) is 0 Å². The highest BCUT2D eigenvalue weighted by molar-refractivity contribution is 5.94. The lowest BCUT2D eigenvalue weighted by Crippen LogP contribution is -2.27. The molecule has 1 N–H and O–H groups in total. The number of methoxy groups -OCH3 is 1. The van der Waals surface area contributed by atoms with Crippen LogP contribution >= 0.6 is 0 Å². The van der Waals surface area contributed by atoms with Crippen LogP contribution in [-0.4, -0.2) is 37.6 Å². The number of para-hydroxylation sites is 1. The first-order valence-electron chi connectivity index (χ1n) is 10.0. The van der Waals surface area contributed by atoms with Crippen molar-refractivity contribution in [1.82, 2.24) is 9.88 Å². The average molecular weight is 412 g/mol. The third-order valence-electron chi connectivity index (χ3n) is 5.33. The Hall–Kier alpha value is -3.82. The second kappa shape index (κ2) is 8.90. The maximum absolute atomic E-state index is 9.62. The quantitative estimate of drug-likeness (QED) is 0.456. The van der Waals surface area contributed by atoms with Crippen molar-refractivity contribution in [3.63, 3.8) is 0 Å². The molecule has 4 aromatic rings. The molecule has 31 heavy (non-hydrogen) atoms. The number of oxazole rings is 1. The monoisotopic (exact) mass is 412 g/mol. The minimum absolute atomic E-state index is 0.00815. The number of nitrogens with zero attached hydrogens (tertiary/aromatic N) is 3. The van der Waals surface area contributed by atoms with Crippen molar-refractivity contribution >= 4 is 16.7 Å². The molecule has 0 aliphatic carbocycles. The van der Waals surface area contributed by atoms with E-state index in [4.69, 9.17) is 9.15 Å². The molecule has 1 aromatic heterocycles. The van der Waals surface area contributed by atoms with Crippen molar-refractivity contribution in [1.29, 1.82) is 5.26 Å². The van der Waals surface area contributed by atoms with Gasteiger partial charge in [-0.15, -0.1) is 0 Å². The van der Waals surface area contributed by atoms with E-state index >= 15 is 0 Å². The smallest absolute Gasteiger partial charge is 0.232 e. The van der Waals surface area contributed by atoms with Gasteiger partial charge in [-0.25, -0.2) is 0 Å². The Kier molecular flexibility index (Phi) is 5.87. The molecule has 0 saturated carbocycles.